The van der Waals surface area contributed by atoms with Gasteiger partial charge in [0.1, 0.15) is 0 Å². The van der Waals surface area contributed by atoms with Crippen molar-refractivity contribution in [2.24, 2.45) is 5.92 Å². The molecule has 0 aliphatic rings. The molecule has 86 valence electrons. The molecule has 0 aromatic heterocycles. The van der Waals surface area contributed by atoms with Crippen molar-refractivity contribution in [1.82, 2.24) is 0 Å². The zero-order chi connectivity index (χ0) is 11.0. The third kappa shape index (κ3) is 7.30. The molecular weight excluding hydrogens is 180 g/mol. The highest BCUT2D eigenvalue weighted by molar-refractivity contribution is 4.55. The Morgan fingerprint density at radius 3 is 2.14 bits per heavy atom. The summed E-state index contributed by atoms with van der Waals surface area (Å²) in [4.78, 5) is 0. The van der Waals surface area contributed by atoms with Crippen LogP contribution in [0.1, 0.15) is 46.5 Å². The van der Waals surface area contributed by atoms with E-state index in [2.05, 4.69) is 13.8 Å². The largest absolute Gasteiger partial charge is 0.393 e. The SMILES string of the molecule is CCC(CC)CCOC(O)CC(C)O. The molecule has 0 aliphatic heterocycles. The summed E-state index contributed by atoms with van der Waals surface area (Å²) >= 11 is 0. The minimum absolute atomic E-state index is 0.295. The zero-order valence-corrected chi connectivity index (χ0v) is 9.57. The quantitative estimate of drug-likeness (QED) is 0.594. The van der Waals surface area contributed by atoms with Gasteiger partial charge in [-0.25, -0.2) is 0 Å². The van der Waals surface area contributed by atoms with E-state index in [1.165, 1.54) is 0 Å². The van der Waals surface area contributed by atoms with Crippen LogP contribution in [0.3, 0.4) is 0 Å². The van der Waals surface area contributed by atoms with Crippen LogP contribution in [0.15, 0.2) is 0 Å². The minimum Gasteiger partial charge on any atom is -0.393 e. The second kappa shape index (κ2) is 8.21. The van der Waals surface area contributed by atoms with Gasteiger partial charge in [-0.15, -0.1) is 0 Å². The third-order valence-electron chi connectivity index (χ3n) is 2.53. The molecular formula is C11H24O3. The molecule has 3 nitrogen and oxygen atoms in total. The van der Waals surface area contributed by atoms with Crippen molar-refractivity contribution < 1.29 is 14.9 Å². The summed E-state index contributed by atoms with van der Waals surface area (Å²) in [6.07, 6.45) is 2.29. The predicted molar refractivity (Wildman–Crippen MR) is 56.9 cm³/mol. The molecule has 14 heavy (non-hydrogen) atoms. The normalized spacial score (nSPS) is 15.9. The van der Waals surface area contributed by atoms with E-state index in [1.807, 2.05) is 0 Å². The van der Waals surface area contributed by atoms with Gasteiger partial charge in [0.15, 0.2) is 6.29 Å². The van der Waals surface area contributed by atoms with Gasteiger partial charge in [-0.05, 0) is 19.3 Å². The Bertz CT molecular complexity index is 122. The van der Waals surface area contributed by atoms with Crippen LogP contribution in [0.4, 0.5) is 0 Å². The lowest BCUT2D eigenvalue weighted by atomic mass is 10.0. The van der Waals surface area contributed by atoms with E-state index in [1.54, 1.807) is 6.92 Å². The first kappa shape index (κ1) is 13.9. The van der Waals surface area contributed by atoms with Gasteiger partial charge in [0.2, 0.25) is 0 Å². The number of hydrogen-bond acceptors (Lipinski definition) is 3. The molecule has 0 saturated heterocycles. The predicted octanol–water partition coefficient (Wildman–Crippen LogP) is 1.92. The topological polar surface area (TPSA) is 49.7 Å². The summed E-state index contributed by atoms with van der Waals surface area (Å²) in [6, 6.07) is 0. The van der Waals surface area contributed by atoms with Crippen LogP contribution in [0.2, 0.25) is 0 Å². The van der Waals surface area contributed by atoms with E-state index >= 15 is 0 Å². The van der Waals surface area contributed by atoms with Crippen LogP contribution < -0.4 is 0 Å². The van der Waals surface area contributed by atoms with Gasteiger partial charge in [0, 0.05) is 13.0 Å². The average Bonchev–Trinajstić information content (AvgIpc) is 2.11. The van der Waals surface area contributed by atoms with E-state index in [0.717, 1.165) is 19.3 Å². The summed E-state index contributed by atoms with van der Waals surface area (Å²) in [5.41, 5.74) is 0. The summed E-state index contributed by atoms with van der Waals surface area (Å²) in [5, 5.41) is 18.3. The van der Waals surface area contributed by atoms with Gasteiger partial charge in [-0.1, -0.05) is 26.7 Å². The lowest BCUT2D eigenvalue weighted by Crippen LogP contribution is -2.19. The lowest BCUT2D eigenvalue weighted by Gasteiger charge is -2.16. The van der Waals surface area contributed by atoms with Crippen LogP contribution >= 0.6 is 0 Å². The van der Waals surface area contributed by atoms with Crippen molar-refractivity contribution in [3.63, 3.8) is 0 Å². The molecule has 0 aromatic rings. The van der Waals surface area contributed by atoms with E-state index in [9.17, 15) is 5.11 Å². The molecule has 0 bridgehead atoms. The molecule has 3 heteroatoms. The Hall–Kier alpha value is -0.120. The maximum absolute atomic E-state index is 9.30. The maximum atomic E-state index is 9.30. The number of aliphatic hydroxyl groups is 2. The fraction of sp³-hybridized carbons (Fsp3) is 1.00. The molecule has 0 amide bonds. The fourth-order valence-electron chi connectivity index (χ4n) is 1.43. The molecule has 2 N–H and O–H groups in total. The van der Waals surface area contributed by atoms with Crippen LogP contribution in [0.25, 0.3) is 0 Å². The van der Waals surface area contributed by atoms with E-state index < -0.39 is 12.4 Å². The van der Waals surface area contributed by atoms with Gasteiger partial charge < -0.3 is 14.9 Å². The molecule has 0 aromatic carbocycles. The standard InChI is InChI=1S/C11H24O3/c1-4-10(5-2)6-7-14-11(13)8-9(3)12/h9-13H,4-8H2,1-3H3. The Balaban J connectivity index is 3.42. The molecule has 2 unspecified atom stereocenters. The Morgan fingerprint density at radius 1 is 1.14 bits per heavy atom. The number of ether oxygens (including phenoxy) is 1. The number of aliphatic hydroxyl groups excluding tert-OH is 2. The molecule has 0 rings (SSSR count). The maximum Gasteiger partial charge on any atom is 0.156 e. The van der Waals surface area contributed by atoms with Crippen LogP contribution in [0.5, 0.6) is 0 Å². The first-order valence-corrected chi connectivity index (χ1v) is 5.57. The Labute approximate surface area is 87.1 Å². The van der Waals surface area contributed by atoms with Crippen molar-refractivity contribution >= 4 is 0 Å². The van der Waals surface area contributed by atoms with E-state index in [-0.39, 0.29) is 0 Å². The first-order chi connectivity index (χ1) is 6.60. The van der Waals surface area contributed by atoms with E-state index in [4.69, 9.17) is 9.84 Å². The van der Waals surface area contributed by atoms with Crippen molar-refractivity contribution in [1.29, 1.82) is 0 Å². The highest BCUT2D eigenvalue weighted by atomic mass is 16.6. The van der Waals surface area contributed by atoms with Crippen molar-refractivity contribution in [3.8, 4) is 0 Å². The van der Waals surface area contributed by atoms with Crippen molar-refractivity contribution in [2.45, 2.75) is 58.8 Å². The number of rotatable bonds is 8. The van der Waals surface area contributed by atoms with Gasteiger partial charge in [-0.2, -0.15) is 0 Å². The molecule has 0 fully saturated rings. The molecule has 0 saturated carbocycles. The van der Waals surface area contributed by atoms with Gasteiger partial charge in [0.05, 0.1) is 6.10 Å². The summed E-state index contributed by atoms with van der Waals surface area (Å²) in [5.74, 6) is 0.689. The molecule has 0 heterocycles. The van der Waals surface area contributed by atoms with Crippen LogP contribution in [-0.2, 0) is 4.74 Å². The highest BCUT2D eigenvalue weighted by Crippen LogP contribution is 2.12. The van der Waals surface area contributed by atoms with Crippen molar-refractivity contribution in [2.75, 3.05) is 6.61 Å². The van der Waals surface area contributed by atoms with Crippen LogP contribution in [0, 0.1) is 5.92 Å². The third-order valence-corrected chi connectivity index (χ3v) is 2.53. The highest BCUT2D eigenvalue weighted by Gasteiger charge is 2.09. The van der Waals surface area contributed by atoms with Crippen molar-refractivity contribution in [3.05, 3.63) is 0 Å². The Kier molecular flexibility index (Phi) is 8.14. The van der Waals surface area contributed by atoms with Gasteiger partial charge >= 0.3 is 0 Å². The summed E-state index contributed by atoms with van der Waals surface area (Å²) in [6.45, 7) is 6.56. The average molecular weight is 204 g/mol. The van der Waals surface area contributed by atoms with Gasteiger partial charge in [0.25, 0.3) is 0 Å². The summed E-state index contributed by atoms with van der Waals surface area (Å²) in [7, 11) is 0. The Morgan fingerprint density at radius 2 is 1.71 bits per heavy atom. The fourth-order valence-corrected chi connectivity index (χ4v) is 1.43. The van der Waals surface area contributed by atoms with E-state index in [0.29, 0.717) is 18.9 Å². The second-order valence-corrected chi connectivity index (χ2v) is 3.88. The molecule has 0 radical (unpaired) electrons. The van der Waals surface area contributed by atoms with Gasteiger partial charge in [-0.3, -0.25) is 0 Å². The summed E-state index contributed by atoms with van der Waals surface area (Å²) < 4.78 is 5.18. The minimum atomic E-state index is -0.815. The first-order valence-electron chi connectivity index (χ1n) is 5.57. The molecule has 2 atom stereocenters. The number of hydrogen-bond donors (Lipinski definition) is 2. The van der Waals surface area contributed by atoms with Crippen LogP contribution in [-0.4, -0.2) is 29.2 Å². The second-order valence-electron chi connectivity index (χ2n) is 3.88. The zero-order valence-electron chi connectivity index (χ0n) is 9.57. The molecule has 0 spiro atoms. The molecule has 0 aliphatic carbocycles. The smallest absolute Gasteiger partial charge is 0.156 e. The lowest BCUT2D eigenvalue weighted by molar-refractivity contribution is -0.120. The monoisotopic (exact) mass is 204 g/mol.